The van der Waals surface area contributed by atoms with Crippen LogP contribution in [-0.4, -0.2) is 4.98 Å². The van der Waals surface area contributed by atoms with Gasteiger partial charge in [-0.1, -0.05) is 11.6 Å². The van der Waals surface area contributed by atoms with Crippen molar-refractivity contribution < 1.29 is 13.2 Å². The molecule has 0 spiro atoms. The lowest BCUT2D eigenvalue weighted by Gasteiger charge is -2.06. The lowest BCUT2D eigenvalue weighted by Crippen LogP contribution is -2.04. The number of alkyl halides is 3. The van der Waals surface area contributed by atoms with Gasteiger partial charge in [-0.25, -0.2) is 4.98 Å². The number of hydrogen-bond donors (Lipinski definition) is 0. The van der Waals surface area contributed by atoms with E-state index in [2.05, 4.69) is 4.98 Å². The minimum Gasteiger partial charge on any atom is -0.243 e. The largest absolute Gasteiger partial charge is 0.416 e. The summed E-state index contributed by atoms with van der Waals surface area (Å²) in [6.45, 7) is 0. The van der Waals surface area contributed by atoms with Crippen molar-refractivity contribution >= 4 is 33.2 Å². The van der Waals surface area contributed by atoms with E-state index in [4.69, 9.17) is 11.6 Å². The molecular weight excluding hydrogens is 235 g/mol. The second kappa shape index (κ2) is 3.10. The smallest absolute Gasteiger partial charge is 0.243 e. The van der Waals surface area contributed by atoms with Gasteiger partial charge in [0.2, 0.25) is 0 Å². The van der Waals surface area contributed by atoms with Gasteiger partial charge in [-0.15, -0.1) is 11.3 Å². The van der Waals surface area contributed by atoms with Crippen LogP contribution < -0.4 is 0 Å². The van der Waals surface area contributed by atoms with Crippen LogP contribution in [0.15, 0.2) is 17.6 Å². The molecular formula is C8H3ClF3NS. The van der Waals surface area contributed by atoms with Gasteiger partial charge in [0.25, 0.3) is 0 Å². The number of rotatable bonds is 0. The van der Waals surface area contributed by atoms with E-state index in [1.54, 1.807) is 0 Å². The van der Waals surface area contributed by atoms with E-state index in [0.717, 1.165) is 23.5 Å². The van der Waals surface area contributed by atoms with Crippen molar-refractivity contribution in [1.29, 1.82) is 0 Å². The standard InChI is InChI=1S/C8H3ClF3NS/c9-5-1-4(8(10,11)12)2-6-7(5)13-3-14-6/h1-3H. The molecule has 0 saturated heterocycles. The van der Waals surface area contributed by atoms with Gasteiger partial charge in [-0.2, -0.15) is 13.2 Å². The number of halogens is 4. The Hall–Kier alpha value is -0.810. The van der Waals surface area contributed by atoms with Gasteiger partial charge < -0.3 is 0 Å². The molecule has 74 valence electrons. The molecule has 14 heavy (non-hydrogen) atoms. The molecule has 1 aromatic carbocycles. The van der Waals surface area contributed by atoms with Gasteiger partial charge in [0.15, 0.2) is 0 Å². The van der Waals surface area contributed by atoms with Crippen molar-refractivity contribution in [3.63, 3.8) is 0 Å². The zero-order chi connectivity index (χ0) is 10.3. The first-order chi connectivity index (χ1) is 6.48. The van der Waals surface area contributed by atoms with Crippen LogP contribution in [0.5, 0.6) is 0 Å². The molecule has 0 aliphatic rings. The van der Waals surface area contributed by atoms with E-state index < -0.39 is 11.7 Å². The van der Waals surface area contributed by atoms with E-state index in [0.29, 0.717) is 10.2 Å². The van der Waals surface area contributed by atoms with Crippen LogP contribution in [0, 0.1) is 0 Å². The Kier molecular flexibility index (Phi) is 2.16. The lowest BCUT2D eigenvalue weighted by molar-refractivity contribution is -0.137. The number of nitrogens with zero attached hydrogens (tertiary/aromatic N) is 1. The summed E-state index contributed by atoms with van der Waals surface area (Å²) in [4.78, 5) is 3.86. The fourth-order valence-electron chi connectivity index (χ4n) is 1.09. The van der Waals surface area contributed by atoms with E-state index in [9.17, 15) is 13.2 Å². The van der Waals surface area contributed by atoms with Gasteiger partial charge in [0.05, 0.1) is 26.3 Å². The molecule has 0 N–H and O–H groups in total. The predicted octanol–water partition coefficient (Wildman–Crippen LogP) is 3.97. The normalized spacial score (nSPS) is 12.3. The Morgan fingerprint density at radius 2 is 2.00 bits per heavy atom. The molecule has 2 rings (SSSR count). The topological polar surface area (TPSA) is 12.9 Å². The third-order valence-electron chi connectivity index (χ3n) is 1.72. The highest BCUT2D eigenvalue weighted by Crippen LogP contribution is 2.35. The van der Waals surface area contributed by atoms with Crippen molar-refractivity contribution in [2.24, 2.45) is 0 Å². The maximum absolute atomic E-state index is 12.3. The van der Waals surface area contributed by atoms with Crippen LogP contribution in [0.3, 0.4) is 0 Å². The Labute approximate surface area is 86.1 Å². The number of fused-ring (bicyclic) bond motifs is 1. The maximum Gasteiger partial charge on any atom is 0.416 e. The second-order valence-corrected chi connectivity index (χ2v) is 3.95. The summed E-state index contributed by atoms with van der Waals surface area (Å²) in [5, 5.41) is 0.0380. The van der Waals surface area contributed by atoms with Crippen LogP contribution in [0.4, 0.5) is 13.2 Å². The lowest BCUT2D eigenvalue weighted by atomic mass is 10.2. The fourth-order valence-corrected chi connectivity index (χ4v) is 2.15. The van der Waals surface area contributed by atoms with E-state index in [1.807, 2.05) is 0 Å². The molecule has 0 unspecified atom stereocenters. The minimum absolute atomic E-state index is 0.0380. The average molecular weight is 238 g/mol. The first kappa shape index (κ1) is 9.73. The highest BCUT2D eigenvalue weighted by atomic mass is 35.5. The average Bonchev–Trinajstić information content (AvgIpc) is 2.50. The molecule has 0 radical (unpaired) electrons. The van der Waals surface area contributed by atoms with Crippen molar-refractivity contribution in [2.45, 2.75) is 6.18 Å². The van der Waals surface area contributed by atoms with Crippen LogP contribution in [-0.2, 0) is 6.18 Å². The van der Waals surface area contributed by atoms with Crippen molar-refractivity contribution in [2.75, 3.05) is 0 Å². The van der Waals surface area contributed by atoms with Crippen molar-refractivity contribution in [3.8, 4) is 0 Å². The van der Waals surface area contributed by atoms with Gasteiger partial charge in [0, 0.05) is 0 Å². The van der Waals surface area contributed by atoms with Crippen LogP contribution in [0.1, 0.15) is 5.56 Å². The maximum atomic E-state index is 12.3. The molecule has 0 atom stereocenters. The number of benzene rings is 1. The highest BCUT2D eigenvalue weighted by Gasteiger charge is 2.31. The first-order valence-electron chi connectivity index (χ1n) is 3.58. The van der Waals surface area contributed by atoms with Crippen molar-refractivity contribution in [1.82, 2.24) is 4.98 Å². The highest BCUT2D eigenvalue weighted by molar-refractivity contribution is 7.16. The molecule has 1 heterocycles. The van der Waals surface area contributed by atoms with Crippen LogP contribution in [0.25, 0.3) is 10.2 Å². The summed E-state index contributed by atoms with van der Waals surface area (Å²) in [5.41, 5.74) is 1.15. The molecule has 1 aromatic heterocycles. The molecule has 1 nitrogen and oxygen atoms in total. The molecule has 0 aliphatic heterocycles. The Bertz CT molecular complexity index is 477. The summed E-state index contributed by atoms with van der Waals surface area (Å²) >= 11 is 6.79. The first-order valence-corrected chi connectivity index (χ1v) is 4.84. The summed E-state index contributed by atoms with van der Waals surface area (Å²) in [6.07, 6.45) is -4.36. The fraction of sp³-hybridized carbons (Fsp3) is 0.125. The minimum atomic E-state index is -4.36. The number of thiazole rings is 1. The van der Waals surface area contributed by atoms with E-state index in [1.165, 1.54) is 5.51 Å². The number of aromatic nitrogens is 1. The SMILES string of the molecule is FC(F)(F)c1cc(Cl)c2ncsc2c1. The zero-order valence-corrected chi connectivity index (χ0v) is 8.17. The molecule has 0 aliphatic carbocycles. The third-order valence-corrected chi connectivity index (χ3v) is 2.78. The molecule has 0 fully saturated rings. The molecule has 0 bridgehead atoms. The molecule has 0 amide bonds. The van der Waals surface area contributed by atoms with Gasteiger partial charge in [-0.05, 0) is 12.1 Å². The summed E-state index contributed by atoms with van der Waals surface area (Å²) in [6, 6.07) is 1.95. The summed E-state index contributed by atoms with van der Waals surface area (Å²) < 4.78 is 37.4. The van der Waals surface area contributed by atoms with Gasteiger partial charge in [-0.3, -0.25) is 0 Å². The predicted molar refractivity (Wildman–Crippen MR) is 49.6 cm³/mol. The Morgan fingerprint density at radius 3 is 2.64 bits per heavy atom. The second-order valence-electron chi connectivity index (χ2n) is 2.65. The number of hydrogen-bond acceptors (Lipinski definition) is 2. The van der Waals surface area contributed by atoms with Crippen molar-refractivity contribution in [3.05, 3.63) is 28.2 Å². The zero-order valence-electron chi connectivity index (χ0n) is 6.60. The molecule has 6 heteroatoms. The molecule has 2 aromatic rings. The monoisotopic (exact) mass is 237 g/mol. The van der Waals surface area contributed by atoms with Crippen LogP contribution >= 0.6 is 22.9 Å². The summed E-state index contributed by atoms with van der Waals surface area (Å²) in [5.74, 6) is 0. The Balaban J connectivity index is 2.70. The van der Waals surface area contributed by atoms with Crippen LogP contribution in [0.2, 0.25) is 5.02 Å². The quantitative estimate of drug-likeness (QED) is 0.676. The molecule has 0 saturated carbocycles. The third kappa shape index (κ3) is 1.57. The Morgan fingerprint density at radius 1 is 1.29 bits per heavy atom. The van der Waals surface area contributed by atoms with E-state index in [-0.39, 0.29) is 5.02 Å². The van der Waals surface area contributed by atoms with E-state index >= 15 is 0 Å². The van der Waals surface area contributed by atoms with Gasteiger partial charge in [0.1, 0.15) is 0 Å². The summed E-state index contributed by atoms with van der Waals surface area (Å²) in [7, 11) is 0. The van der Waals surface area contributed by atoms with Gasteiger partial charge >= 0.3 is 6.18 Å².